The summed E-state index contributed by atoms with van der Waals surface area (Å²) in [6, 6.07) is 7.92. The van der Waals surface area contributed by atoms with E-state index in [-0.39, 0.29) is 16.3 Å². The Bertz CT molecular complexity index is 1010. The number of benzene rings is 2. The Kier molecular flexibility index (Phi) is 4.82. The Labute approximate surface area is 163 Å². The number of amides is 2. The minimum absolute atomic E-state index is 0.0479. The maximum absolute atomic E-state index is 13.1. The number of hydrogen-bond acceptors (Lipinski definition) is 2. The van der Waals surface area contributed by atoms with Gasteiger partial charge in [-0.2, -0.15) is 13.2 Å². The second-order valence-electron chi connectivity index (χ2n) is 6.10. The van der Waals surface area contributed by atoms with Gasteiger partial charge in [-0.3, -0.25) is 9.59 Å². The van der Waals surface area contributed by atoms with Gasteiger partial charge >= 0.3 is 6.18 Å². The topological polar surface area (TPSA) is 37.4 Å². The van der Waals surface area contributed by atoms with Crippen LogP contribution in [0.25, 0.3) is 5.57 Å². The third-order valence-corrected chi connectivity index (χ3v) is 5.02. The lowest BCUT2D eigenvalue weighted by Gasteiger charge is -2.18. The predicted octanol–water partition coefficient (Wildman–Crippen LogP) is 5.50. The van der Waals surface area contributed by atoms with Crippen molar-refractivity contribution in [2.45, 2.75) is 20.0 Å². The number of imide groups is 1. The highest BCUT2D eigenvalue weighted by Crippen LogP contribution is 2.40. The molecule has 0 N–H and O–H groups in total. The summed E-state index contributed by atoms with van der Waals surface area (Å²) < 4.78 is 39.3. The number of aryl methyl sites for hydroxylation is 2. The SMILES string of the molecule is Cc1ccc(C2=C(Cl)C(=O)N(c3ccc(Cl)c(C(F)(F)F)c3)C2=O)cc1C. The van der Waals surface area contributed by atoms with Crippen LogP contribution < -0.4 is 4.90 Å². The second kappa shape index (κ2) is 6.69. The van der Waals surface area contributed by atoms with Gasteiger partial charge in [0.05, 0.1) is 21.8 Å². The molecule has 2 amide bonds. The second-order valence-corrected chi connectivity index (χ2v) is 6.88. The van der Waals surface area contributed by atoms with Crippen molar-refractivity contribution < 1.29 is 22.8 Å². The molecule has 27 heavy (non-hydrogen) atoms. The Morgan fingerprint density at radius 3 is 2.15 bits per heavy atom. The maximum atomic E-state index is 13.1. The van der Waals surface area contributed by atoms with Crippen LogP contribution >= 0.6 is 23.2 Å². The highest BCUT2D eigenvalue weighted by Gasteiger charge is 2.41. The zero-order valence-corrected chi connectivity index (χ0v) is 15.6. The fraction of sp³-hybridized carbons (Fsp3) is 0.158. The summed E-state index contributed by atoms with van der Waals surface area (Å²) in [5, 5.41) is -0.870. The lowest BCUT2D eigenvalue weighted by molar-refractivity contribution is -0.137. The molecule has 2 aromatic carbocycles. The minimum atomic E-state index is -4.73. The molecule has 0 atom stereocenters. The number of carbonyl (C=O) groups excluding carboxylic acids is 2. The minimum Gasteiger partial charge on any atom is -0.268 e. The van der Waals surface area contributed by atoms with Gasteiger partial charge in [0.25, 0.3) is 11.8 Å². The van der Waals surface area contributed by atoms with E-state index < -0.39 is 28.6 Å². The Morgan fingerprint density at radius 2 is 1.56 bits per heavy atom. The molecule has 0 spiro atoms. The zero-order valence-electron chi connectivity index (χ0n) is 14.1. The molecule has 8 heteroatoms. The van der Waals surface area contributed by atoms with Gasteiger partial charge in [-0.25, -0.2) is 4.90 Å². The number of nitrogens with zero attached hydrogens (tertiary/aromatic N) is 1. The van der Waals surface area contributed by atoms with Crippen LogP contribution in [0.5, 0.6) is 0 Å². The Morgan fingerprint density at radius 1 is 0.889 bits per heavy atom. The predicted molar refractivity (Wildman–Crippen MR) is 97.6 cm³/mol. The third-order valence-electron chi connectivity index (χ3n) is 4.34. The van der Waals surface area contributed by atoms with Gasteiger partial charge in [-0.05, 0) is 48.7 Å². The molecule has 0 unspecified atom stereocenters. The Balaban J connectivity index is 2.08. The standard InChI is InChI=1S/C19H12Cl2F3NO2/c1-9-3-4-11(7-10(9)2)15-16(21)18(27)25(17(15)26)12-5-6-14(20)13(8-12)19(22,23)24/h3-8H,1-2H3. The zero-order chi connectivity index (χ0) is 20.1. The highest BCUT2D eigenvalue weighted by atomic mass is 35.5. The number of alkyl halides is 3. The first-order valence-electron chi connectivity index (χ1n) is 7.75. The smallest absolute Gasteiger partial charge is 0.268 e. The van der Waals surface area contributed by atoms with E-state index in [0.717, 1.165) is 17.2 Å². The molecule has 0 radical (unpaired) electrons. The third kappa shape index (κ3) is 3.35. The van der Waals surface area contributed by atoms with E-state index >= 15 is 0 Å². The van der Waals surface area contributed by atoms with Crippen LogP contribution in [0.1, 0.15) is 22.3 Å². The van der Waals surface area contributed by atoms with Crippen LogP contribution in [0.2, 0.25) is 5.02 Å². The molecule has 2 aromatic rings. The molecule has 1 aliphatic rings. The summed E-state index contributed by atoms with van der Waals surface area (Å²) in [5.41, 5.74) is 0.851. The van der Waals surface area contributed by atoms with Gasteiger partial charge in [-0.1, -0.05) is 41.4 Å². The largest absolute Gasteiger partial charge is 0.417 e. The summed E-state index contributed by atoms with van der Waals surface area (Å²) in [4.78, 5) is 25.9. The first-order chi connectivity index (χ1) is 12.5. The number of anilines is 1. The van der Waals surface area contributed by atoms with Crippen molar-refractivity contribution in [2.24, 2.45) is 0 Å². The van der Waals surface area contributed by atoms with Crippen LogP contribution in [-0.4, -0.2) is 11.8 Å². The monoisotopic (exact) mass is 413 g/mol. The number of hydrogen-bond donors (Lipinski definition) is 0. The molecule has 1 heterocycles. The van der Waals surface area contributed by atoms with Gasteiger partial charge in [0.2, 0.25) is 0 Å². The summed E-state index contributed by atoms with van der Waals surface area (Å²) in [7, 11) is 0. The number of rotatable bonds is 2. The van der Waals surface area contributed by atoms with Crippen LogP contribution in [0.4, 0.5) is 18.9 Å². The number of halogens is 5. The van der Waals surface area contributed by atoms with Gasteiger partial charge in [0, 0.05) is 0 Å². The highest BCUT2D eigenvalue weighted by molar-refractivity contribution is 6.60. The molecule has 3 nitrogen and oxygen atoms in total. The molecule has 0 saturated heterocycles. The Hall–Kier alpha value is -2.31. The van der Waals surface area contributed by atoms with Gasteiger partial charge in [0.15, 0.2) is 0 Å². The van der Waals surface area contributed by atoms with Crippen LogP contribution in [-0.2, 0) is 15.8 Å². The summed E-state index contributed by atoms with van der Waals surface area (Å²) in [6.45, 7) is 3.72. The van der Waals surface area contributed by atoms with Crippen LogP contribution in [0, 0.1) is 13.8 Å². The molecule has 0 aromatic heterocycles. The molecule has 0 bridgehead atoms. The lowest BCUT2D eigenvalue weighted by Crippen LogP contribution is -2.31. The van der Waals surface area contributed by atoms with Gasteiger partial charge in [-0.15, -0.1) is 0 Å². The van der Waals surface area contributed by atoms with Crippen LogP contribution in [0.3, 0.4) is 0 Å². The molecule has 3 rings (SSSR count). The van der Waals surface area contributed by atoms with Gasteiger partial charge in [0.1, 0.15) is 5.03 Å². The summed E-state index contributed by atoms with van der Waals surface area (Å²) in [6.07, 6.45) is -4.73. The summed E-state index contributed by atoms with van der Waals surface area (Å²) in [5.74, 6) is -1.67. The molecular weight excluding hydrogens is 402 g/mol. The van der Waals surface area contributed by atoms with Crippen molar-refractivity contribution in [3.05, 3.63) is 68.7 Å². The van der Waals surface area contributed by atoms with E-state index in [1.54, 1.807) is 18.2 Å². The maximum Gasteiger partial charge on any atom is 0.417 e. The van der Waals surface area contributed by atoms with Crippen molar-refractivity contribution in [2.75, 3.05) is 4.90 Å². The van der Waals surface area contributed by atoms with E-state index in [2.05, 4.69) is 0 Å². The average molecular weight is 414 g/mol. The lowest BCUT2D eigenvalue weighted by atomic mass is 10.0. The number of carbonyl (C=O) groups is 2. The quantitative estimate of drug-likeness (QED) is 0.609. The van der Waals surface area contributed by atoms with Crippen molar-refractivity contribution in [1.29, 1.82) is 0 Å². The molecular formula is C19H12Cl2F3NO2. The molecule has 1 aliphatic heterocycles. The van der Waals surface area contributed by atoms with E-state index in [0.29, 0.717) is 16.5 Å². The molecule has 0 aliphatic carbocycles. The van der Waals surface area contributed by atoms with Crippen molar-refractivity contribution in [3.8, 4) is 0 Å². The molecule has 0 fully saturated rings. The average Bonchev–Trinajstić information content (AvgIpc) is 2.80. The van der Waals surface area contributed by atoms with E-state index in [4.69, 9.17) is 23.2 Å². The first-order valence-corrected chi connectivity index (χ1v) is 8.51. The van der Waals surface area contributed by atoms with Crippen molar-refractivity contribution in [1.82, 2.24) is 0 Å². The van der Waals surface area contributed by atoms with E-state index in [1.165, 1.54) is 6.07 Å². The normalized spacial score (nSPS) is 15.1. The van der Waals surface area contributed by atoms with Crippen molar-refractivity contribution in [3.63, 3.8) is 0 Å². The van der Waals surface area contributed by atoms with E-state index in [9.17, 15) is 22.8 Å². The van der Waals surface area contributed by atoms with Gasteiger partial charge < -0.3 is 0 Å². The summed E-state index contributed by atoms with van der Waals surface area (Å²) >= 11 is 11.7. The fourth-order valence-electron chi connectivity index (χ4n) is 2.75. The van der Waals surface area contributed by atoms with Crippen molar-refractivity contribution >= 4 is 46.3 Å². The van der Waals surface area contributed by atoms with E-state index in [1.807, 2.05) is 13.8 Å². The van der Waals surface area contributed by atoms with Crippen LogP contribution in [0.15, 0.2) is 41.4 Å². The molecule has 0 saturated carbocycles. The fourth-order valence-corrected chi connectivity index (χ4v) is 3.25. The molecule has 140 valence electrons. The first kappa shape index (κ1) is 19.5.